The van der Waals surface area contributed by atoms with Gasteiger partial charge in [0.05, 0.1) is 0 Å². The first-order valence-corrected chi connectivity index (χ1v) is 5.23. The Balaban J connectivity index is 4.47. The van der Waals surface area contributed by atoms with Crippen molar-refractivity contribution in [3.05, 3.63) is 0 Å². The van der Waals surface area contributed by atoms with E-state index in [1.54, 1.807) is 33.5 Å². The van der Waals surface area contributed by atoms with E-state index in [-0.39, 0.29) is 5.91 Å². The summed E-state index contributed by atoms with van der Waals surface area (Å²) in [5, 5.41) is 11.2. The van der Waals surface area contributed by atoms with Gasteiger partial charge in [0.2, 0.25) is 5.91 Å². The maximum absolute atomic E-state index is 11.4. The molecular weight excluding hydrogens is 200 g/mol. The zero-order valence-corrected chi connectivity index (χ0v) is 9.55. The van der Waals surface area contributed by atoms with Crippen LogP contribution < -0.4 is 5.32 Å². The van der Waals surface area contributed by atoms with Crippen LogP contribution in [0.25, 0.3) is 0 Å². The van der Waals surface area contributed by atoms with Gasteiger partial charge in [0.15, 0.2) is 11.4 Å². The molecule has 1 N–H and O–H groups in total. The predicted octanol–water partition coefficient (Wildman–Crippen LogP) is 0.253. The van der Waals surface area contributed by atoms with Crippen LogP contribution in [0.15, 0.2) is 4.99 Å². The van der Waals surface area contributed by atoms with Gasteiger partial charge in [0, 0.05) is 14.1 Å². The fraction of sp³-hybridized carbons (Fsp3) is 0.625. The maximum Gasteiger partial charge on any atom is 0.246 e. The fourth-order valence-corrected chi connectivity index (χ4v) is 1.20. The Morgan fingerprint density at radius 1 is 1.64 bits per heavy atom. The lowest BCUT2D eigenvalue weighted by Crippen LogP contribution is -2.32. The van der Waals surface area contributed by atoms with E-state index >= 15 is 0 Å². The number of nitrogens with one attached hydrogen (secondary N) is 1. The second kappa shape index (κ2) is 6.27. The van der Waals surface area contributed by atoms with Gasteiger partial charge in [-0.2, -0.15) is 5.26 Å². The van der Waals surface area contributed by atoms with Crippen LogP contribution in [0.2, 0.25) is 0 Å². The summed E-state index contributed by atoms with van der Waals surface area (Å²) in [5.74, 6) is -0.0868. The number of nitriles is 1. The molecule has 0 aromatic rings. The minimum Gasteiger partial charge on any atom is -0.347 e. The molecule has 5 nitrogen and oxygen atoms in total. The summed E-state index contributed by atoms with van der Waals surface area (Å²) >= 11 is 1.30. The molecule has 0 saturated carbocycles. The summed E-state index contributed by atoms with van der Waals surface area (Å²) in [5.41, 5.74) is 0. The zero-order valence-electron chi connectivity index (χ0n) is 8.74. The van der Waals surface area contributed by atoms with Gasteiger partial charge >= 0.3 is 0 Å². The highest BCUT2D eigenvalue weighted by atomic mass is 32.2. The number of hydrogen-bond acceptors (Lipinski definition) is 4. The number of amidine groups is 1. The van der Waals surface area contributed by atoms with Gasteiger partial charge < -0.3 is 4.90 Å². The molecule has 14 heavy (non-hydrogen) atoms. The lowest BCUT2D eigenvalue weighted by Gasteiger charge is -2.13. The maximum atomic E-state index is 11.4. The molecule has 1 unspecified atom stereocenters. The minimum absolute atomic E-state index is 0.0868. The van der Waals surface area contributed by atoms with Crippen molar-refractivity contribution >= 4 is 22.8 Å². The Hall–Kier alpha value is -1.22. The highest BCUT2D eigenvalue weighted by Crippen LogP contribution is 2.01. The number of likely N-dealkylation sites (N-methyl/N-ethyl adjacent to an activating group) is 1. The van der Waals surface area contributed by atoms with E-state index in [0.717, 1.165) is 0 Å². The van der Waals surface area contributed by atoms with Crippen LogP contribution in [0, 0.1) is 11.5 Å². The van der Waals surface area contributed by atoms with Gasteiger partial charge in [-0.3, -0.25) is 10.1 Å². The van der Waals surface area contributed by atoms with E-state index in [9.17, 15) is 4.79 Å². The number of carbonyl (C=O) groups excluding carboxylic acids is 1. The van der Waals surface area contributed by atoms with Crippen LogP contribution in [0.5, 0.6) is 0 Å². The topological polar surface area (TPSA) is 68.5 Å². The molecule has 0 saturated heterocycles. The van der Waals surface area contributed by atoms with Crippen molar-refractivity contribution in [2.45, 2.75) is 13.0 Å². The van der Waals surface area contributed by atoms with E-state index < -0.39 is 6.04 Å². The average Bonchev–Trinajstić information content (AvgIpc) is 2.15. The van der Waals surface area contributed by atoms with Gasteiger partial charge in [-0.05, 0) is 13.2 Å². The predicted molar refractivity (Wildman–Crippen MR) is 57.9 cm³/mol. The minimum atomic E-state index is -0.465. The van der Waals surface area contributed by atoms with Crippen LogP contribution in [0.1, 0.15) is 6.92 Å². The highest BCUT2D eigenvalue weighted by Gasteiger charge is 2.14. The molecule has 0 aromatic carbocycles. The average molecular weight is 214 g/mol. The van der Waals surface area contributed by atoms with Crippen LogP contribution in [0.3, 0.4) is 0 Å². The number of hydrogen-bond donors (Lipinski definition) is 1. The zero-order chi connectivity index (χ0) is 11.1. The third-order valence-electron chi connectivity index (χ3n) is 1.47. The molecule has 0 aliphatic rings. The molecule has 0 radical (unpaired) electrons. The molecule has 0 aliphatic heterocycles. The molecule has 0 rings (SSSR count). The lowest BCUT2D eigenvalue weighted by atomic mass is 10.3. The summed E-state index contributed by atoms with van der Waals surface area (Å²) in [6.07, 6.45) is 3.55. The fourth-order valence-electron chi connectivity index (χ4n) is 0.789. The first-order chi connectivity index (χ1) is 6.52. The SMILES string of the molecule is CSC(=NC(C)C(=O)N(C)C)NC#N. The second-order valence-electron chi connectivity index (χ2n) is 2.78. The van der Waals surface area contributed by atoms with Crippen LogP contribution in [0.4, 0.5) is 0 Å². The molecule has 0 aliphatic carbocycles. The highest BCUT2D eigenvalue weighted by molar-refractivity contribution is 8.13. The van der Waals surface area contributed by atoms with Crippen LogP contribution >= 0.6 is 11.8 Å². The largest absolute Gasteiger partial charge is 0.347 e. The molecule has 0 aromatic heterocycles. The Bertz CT molecular complexity index is 269. The Kier molecular flexibility index (Phi) is 5.72. The lowest BCUT2D eigenvalue weighted by molar-refractivity contribution is -0.129. The van der Waals surface area contributed by atoms with Crippen molar-refractivity contribution in [3.8, 4) is 6.19 Å². The van der Waals surface area contributed by atoms with Gasteiger partial charge in [-0.15, -0.1) is 0 Å². The Morgan fingerprint density at radius 2 is 2.21 bits per heavy atom. The monoisotopic (exact) mass is 214 g/mol. The third-order valence-corrected chi connectivity index (χ3v) is 2.06. The number of aliphatic imine (C=N–C) groups is 1. The van der Waals surface area contributed by atoms with E-state index in [0.29, 0.717) is 5.17 Å². The van der Waals surface area contributed by atoms with E-state index in [1.165, 1.54) is 16.7 Å². The van der Waals surface area contributed by atoms with Crippen LogP contribution in [-0.4, -0.2) is 42.4 Å². The molecule has 0 fully saturated rings. The van der Waals surface area contributed by atoms with E-state index in [2.05, 4.69) is 10.3 Å². The van der Waals surface area contributed by atoms with E-state index in [4.69, 9.17) is 5.26 Å². The molecule has 0 bridgehead atoms. The summed E-state index contributed by atoms with van der Waals surface area (Å²) < 4.78 is 0. The van der Waals surface area contributed by atoms with Crippen molar-refractivity contribution < 1.29 is 4.79 Å². The molecule has 0 spiro atoms. The van der Waals surface area contributed by atoms with Gasteiger partial charge in [0.1, 0.15) is 6.04 Å². The summed E-state index contributed by atoms with van der Waals surface area (Å²) in [4.78, 5) is 16.9. The van der Waals surface area contributed by atoms with Gasteiger partial charge in [0.25, 0.3) is 0 Å². The summed E-state index contributed by atoms with van der Waals surface area (Å²) in [6.45, 7) is 1.69. The molecule has 1 amide bonds. The van der Waals surface area contributed by atoms with Crippen molar-refractivity contribution in [3.63, 3.8) is 0 Å². The molecule has 6 heteroatoms. The molecule has 0 heterocycles. The van der Waals surface area contributed by atoms with Crippen molar-refractivity contribution in [1.82, 2.24) is 10.2 Å². The van der Waals surface area contributed by atoms with Crippen molar-refractivity contribution in [2.75, 3.05) is 20.4 Å². The third kappa shape index (κ3) is 4.14. The second-order valence-corrected chi connectivity index (χ2v) is 3.58. The Labute approximate surface area is 88.2 Å². The summed E-state index contributed by atoms with van der Waals surface area (Å²) in [6, 6.07) is -0.465. The van der Waals surface area contributed by atoms with Crippen LogP contribution in [-0.2, 0) is 4.79 Å². The molecule has 78 valence electrons. The Morgan fingerprint density at radius 3 is 2.57 bits per heavy atom. The number of nitrogens with zero attached hydrogens (tertiary/aromatic N) is 3. The molecule has 1 atom stereocenters. The number of thioether (sulfide) groups is 1. The van der Waals surface area contributed by atoms with Crippen molar-refractivity contribution in [1.29, 1.82) is 5.26 Å². The first kappa shape index (κ1) is 12.8. The van der Waals surface area contributed by atoms with Gasteiger partial charge in [-0.25, -0.2) is 4.99 Å². The number of rotatable bonds is 2. The number of amides is 1. The van der Waals surface area contributed by atoms with E-state index in [1.807, 2.05) is 0 Å². The van der Waals surface area contributed by atoms with Gasteiger partial charge in [-0.1, -0.05) is 11.8 Å². The summed E-state index contributed by atoms with van der Waals surface area (Å²) in [7, 11) is 3.34. The standard InChI is InChI=1S/C8H14N4OS/c1-6(7(13)12(2)3)11-8(14-4)10-5-9/h6H,1-4H3,(H,10,11). The number of carbonyl (C=O) groups is 1. The first-order valence-electron chi connectivity index (χ1n) is 4.01. The molecular formula is C8H14N4OS. The smallest absolute Gasteiger partial charge is 0.246 e. The quantitative estimate of drug-likeness (QED) is 0.310. The normalized spacial score (nSPS) is 12.9. The van der Waals surface area contributed by atoms with Crippen molar-refractivity contribution in [2.24, 2.45) is 4.99 Å².